The van der Waals surface area contributed by atoms with Crippen molar-refractivity contribution < 1.29 is 24.2 Å². The minimum atomic E-state index is -1.10. The lowest BCUT2D eigenvalue weighted by molar-refractivity contribution is -0.148. The third-order valence-electron chi connectivity index (χ3n) is 2.87. The SMILES string of the molecule is COC(Cc1ccc(OC(C)(C)C(N)=O)cc1)C(=O)O. The van der Waals surface area contributed by atoms with Gasteiger partial charge in [0.15, 0.2) is 11.7 Å². The predicted octanol–water partition coefficient (Wildman–Crippen LogP) is 0.971. The molecule has 0 saturated heterocycles. The summed E-state index contributed by atoms with van der Waals surface area (Å²) in [6, 6.07) is 6.77. The summed E-state index contributed by atoms with van der Waals surface area (Å²) in [7, 11) is 1.35. The second-order valence-corrected chi connectivity index (χ2v) is 4.89. The molecule has 0 aromatic heterocycles. The highest BCUT2D eigenvalue weighted by atomic mass is 16.5. The quantitative estimate of drug-likeness (QED) is 0.776. The number of methoxy groups -OCH3 is 1. The molecule has 0 aliphatic rings. The zero-order chi connectivity index (χ0) is 15.3. The van der Waals surface area contributed by atoms with Crippen LogP contribution in [0.4, 0.5) is 0 Å². The third kappa shape index (κ3) is 4.24. The maximum Gasteiger partial charge on any atom is 0.333 e. The van der Waals surface area contributed by atoms with E-state index < -0.39 is 23.6 Å². The van der Waals surface area contributed by atoms with E-state index in [-0.39, 0.29) is 6.42 Å². The Morgan fingerprint density at radius 2 is 1.85 bits per heavy atom. The van der Waals surface area contributed by atoms with Crippen LogP contribution in [0.25, 0.3) is 0 Å². The molecule has 0 aliphatic carbocycles. The van der Waals surface area contributed by atoms with Crippen LogP contribution < -0.4 is 10.5 Å². The van der Waals surface area contributed by atoms with Gasteiger partial charge >= 0.3 is 5.97 Å². The Labute approximate surface area is 117 Å². The van der Waals surface area contributed by atoms with Crippen LogP contribution in [-0.2, 0) is 20.7 Å². The topological polar surface area (TPSA) is 98.9 Å². The molecular weight excluding hydrogens is 262 g/mol. The Bertz CT molecular complexity index is 481. The first-order valence-electron chi connectivity index (χ1n) is 6.09. The van der Waals surface area contributed by atoms with Gasteiger partial charge < -0.3 is 20.3 Å². The van der Waals surface area contributed by atoms with Crippen LogP contribution in [-0.4, -0.2) is 35.8 Å². The summed E-state index contributed by atoms with van der Waals surface area (Å²) in [6.45, 7) is 3.16. The van der Waals surface area contributed by atoms with E-state index in [1.54, 1.807) is 38.1 Å². The normalized spacial score (nSPS) is 12.8. The molecule has 6 heteroatoms. The Kier molecular flexibility index (Phi) is 5.10. The average molecular weight is 281 g/mol. The summed E-state index contributed by atoms with van der Waals surface area (Å²) < 4.78 is 10.3. The summed E-state index contributed by atoms with van der Waals surface area (Å²) in [5.74, 6) is -1.09. The number of primary amides is 1. The number of carboxylic acid groups (broad SMARTS) is 1. The monoisotopic (exact) mass is 281 g/mol. The van der Waals surface area contributed by atoms with Crippen LogP contribution in [0, 0.1) is 0 Å². The van der Waals surface area contributed by atoms with E-state index in [9.17, 15) is 9.59 Å². The highest BCUT2D eigenvalue weighted by Crippen LogP contribution is 2.19. The molecule has 0 bridgehead atoms. The van der Waals surface area contributed by atoms with E-state index in [2.05, 4.69) is 0 Å². The maximum absolute atomic E-state index is 11.2. The van der Waals surface area contributed by atoms with Crippen molar-refractivity contribution in [2.75, 3.05) is 7.11 Å². The van der Waals surface area contributed by atoms with Gasteiger partial charge in [-0.1, -0.05) is 12.1 Å². The van der Waals surface area contributed by atoms with Crippen LogP contribution in [0.15, 0.2) is 24.3 Å². The Balaban J connectivity index is 2.74. The molecular formula is C14H19NO5. The van der Waals surface area contributed by atoms with Gasteiger partial charge in [0.05, 0.1) is 0 Å². The fourth-order valence-electron chi connectivity index (χ4n) is 1.52. The number of hydrogen-bond acceptors (Lipinski definition) is 4. The van der Waals surface area contributed by atoms with Crippen molar-refractivity contribution in [2.45, 2.75) is 32.0 Å². The Morgan fingerprint density at radius 1 is 1.30 bits per heavy atom. The van der Waals surface area contributed by atoms with Gasteiger partial charge in [0.1, 0.15) is 5.75 Å². The average Bonchev–Trinajstić information content (AvgIpc) is 2.36. The smallest absolute Gasteiger partial charge is 0.333 e. The Hall–Kier alpha value is -2.08. The second-order valence-electron chi connectivity index (χ2n) is 4.89. The largest absolute Gasteiger partial charge is 0.479 e. The first-order valence-corrected chi connectivity index (χ1v) is 6.09. The first-order chi connectivity index (χ1) is 9.26. The highest BCUT2D eigenvalue weighted by Gasteiger charge is 2.27. The third-order valence-corrected chi connectivity index (χ3v) is 2.87. The van der Waals surface area contributed by atoms with Crippen molar-refractivity contribution in [3.05, 3.63) is 29.8 Å². The van der Waals surface area contributed by atoms with E-state index >= 15 is 0 Å². The molecule has 0 saturated carbocycles. The fourth-order valence-corrected chi connectivity index (χ4v) is 1.52. The van der Waals surface area contributed by atoms with E-state index in [1.165, 1.54) is 7.11 Å². The van der Waals surface area contributed by atoms with Gasteiger partial charge in [0.2, 0.25) is 0 Å². The summed E-state index contributed by atoms with van der Waals surface area (Å²) in [5, 5.41) is 8.90. The molecule has 0 radical (unpaired) electrons. The molecule has 3 N–H and O–H groups in total. The molecule has 1 amide bonds. The molecule has 0 aliphatic heterocycles. The lowest BCUT2D eigenvalue weighted by atomic mass is 10.1. The summed E-state index contributed by atoms with van der Waals surface area (Å²) in [5.41, 5.74) is 4.91. The summed E-state index contributed by atoms with van der Waals surface area (Å²) in [4.78, 5) is 22.0. The van der Waals surface area contributed by atoms with Gasteiger partial charge in [-0.05, 0) is 31.5 Å². The van der Waals surface area contributed by atoms with E-state index in [1.807, 2.05) is 0 Å². The molecule has 1 atom stereocenters. The van der Waals surface area contributed by atoms with Crippen molar-refractivity contribution >= 4 is 11.9 Å². The van der Waals surface area contributed by atoms with Crippen LogP contribution in [0.1, 0.15) is 19.4 Å². The molecule has 1 unspecified atom stereocenters. The Morgan fingerprint density at radius 3 is 2.25 bits per heavy atom. The van der Waals surface area contributed by atoms with Gasteiger partial charge in [-0.25, -0.2) is 4.79 Å². The standard InChI is InChI=1S/C14H19NO5/c1-14(2,13(15)18)20-10-6-4-9(5-7-10)8-11(19-3)12(16)17/h4-7,11H,8H2,1-3H3,(H2,15,18)(H,16,17). The molecule has 1 aromatic carbocycles. The van der Waals surface area contributed by atoms with E-state index in [0.29, 0.717) is 5.75 Å². The van der Waals surface area contributed by atoms with Crippen molar-refractivity contribution in [3.8, 4) is 5.75 Å². The molecule has 0 spiro atoms. The van der Waals surface area contributed by atoms with Gasteiger partial charge in [-0.3, -0.25) is 4.79 Å². The summed E-state index contributed by atoms with van der Waals surface area (Å²) >= 11 is 0. The van der Waals surface area contributed by atoms with Crippen LogP contribution >= 0.6 is 0 Å². The number of nitrogens with two attached hydrogens (primary N) is 1. The first kappa shape index (κ1) is 16.0. The van der Waals surface area contributed by atoms with Gasteiger partial charge in [0.25, 0.3) is 5.91 Å². The molecule has 110 valence electrons. The molecule has 0 fully saturated rings. The zero-order valence-electron chi connectivity index (χ0n) is 11.8. The van der Waals surface area contributed by atoms with Gasteiger partial charge in [-0.15, -0.1) is 0 Å². The molecule has 0 heterocycles. The number of amides is 1. The second kappa shape index (κ2) is 6.38. The highest BCUT2D eigenvalue weighted by molar-refractivity contribution is 5.82. The number of carbonyl (C=O) groups excluding carboxylic acids is 1. The zero-order valence-corrected chi connectivity index (χ0v) is 11.8. The molecule has 20 heavy (non-hydrogen) atoms. The number of aliphatic carboxylic acids is 1. The van der Waals surface area contributed by atoms with Crippen molar-refractivity contribution in [1.82, 2.24) is 0 Å². The maximum atomic E-state index is 11.2. The van der Waals surface area contributed by atoms with E-state index in [4.69, 9.17) is 20.3 Å². The number of hydrogen-bond donors (Lipinski definition) is 2. The minimum Gasteiger partial charge on any atom is -0.479 e. The van der Waals surface area contributed by atoms with Crippen LogP contribution in [0.2, 0.25) is 0 Å². The van der Waals surface area contributed by atoms with Gasteiger partial charge in [0, 0.05) is 13.5 Å². The molecule has 6 nitrogen and oxygen atoms in total. The molecule has 1 aromatic rings. The number of ether oxygens (including phenoxy) is 2. The lowest BCUT2D eigenvalue weighted by Gasteiger charge is -2.22. The fraction of sp³-hybridized carbons (Fsp3) is 0.429. The number of carbonyl (C=O) groups is 2. The van der Waals surface area contributed by atoms with Crippen molar-refractivity contribution in [3.63, 3.8) is 0 Å². The van der Waals surface area contributed by atoms with Crippen molar-refractivity contribution in [2.24, 2.45) is 5.73 Å². The van der Waals surface area contributed by atoms with E-state index in [0.717, 1.165) is 5.56 Å². The number of carboxylic acids is 1. The number of benzene rings is 1. The predicted molar refractivity (Wildman–Crippen MR) is 72.5 cm³/mol. The number of rotatable bonds is 7. The van der Waals surface area contributed by atoms with Crippen LogP contribution in [0.5, 0.6) is 5.75 Å². The summed E-state index contributed by atoms with van der Waals surface area (Å²) in [6.07, 6.45) is -0.630. The molecule has 1 rings (SSSR count). The minimum absolute atomic E-state index is 0.255. The lowest BCUT2D eigenvalue weighted by Crippen LogP contribution is -2.43. The van der Waals surface area contributed by atoms with Crippen molar-refractivity contribution in [1.29, 1.82) is 0 Å². The van der Waals surface area contributed by atoms with Gasteiger partial charge in [-0.2, -0.15) is 0 Å². The van der Waals surface area contributed by atoms with Crippen LogP contribution in [0.3, 0.4) is 0 Å².